The summed E-state index contributed by atoms with van der Waals surface area (Å²) in [6.45, 7) is 1.79. The average Bonchev–Trinajstić information content (AvgIpc) is 2.86. The van der Waals surface area contributed by atoms with E-state index >= 15 is 0 Å². The van der Waals surface area contributed by atoms with Crippen LogP contribution in [0.15, 0.2) is 89.8 Å². The van der Waals surface area contributed by atoms with Gasteiger partial charge in [0.1, 0.15) is 0 Å². The second kappa shape index (κ2) is 11.7. The molecular weight excluding hydrogens is 440 g/mol. The number of carbonyl (C=O) groups excluding carboxylic acids is 1. The molecule has 0 aliphatic carbocycles. The molecule has 8 heteroatoms. The molecule has 3 rings (SSSR count). The first-order valence-electron chi connectivity index (χ1n) is 10.7. The number of aliphatic hydroxyl groups excluding tert-OH is 1. The van der Waals surface area contributed by atoms with Gasteiger partial charge in [-0.3, -0.25) is 4.79 Å². The standard InChI is InChI=1S/C25H28N2O5S/c1-2-32-23(22(28)17-26-25(29)20-13-7-4-8-14-20)18-27-33(30,31)24-16-10-9-15-21(24)19-11-5-3-6-12-19/h3-16,22-23,27-28H,2,17-18H2,1H3,(H,26,29)/t22-,23+/m0/s1. The zero-order valence-corrected chi connectivity index (χ0v) is 19.2. The number of hydrogen-bond acceptors (Lipinski definition) is 5. The molecule has 3 aromatic rings. The quantitative estimate of drug-likeness (QED) is 0.401. The van der Waals surface area contributed by atoms with Gasteiger partial charge in [-0.25, -0.2) is 13.1 Å². The van der Waals surface area contributed by atoms with Crippen LogP contribution in [0.2, 0.25) is 0 Å². The van der Waals surface area contributed by atoms with Gasteiger partial charge in [0.15, 0.2) is 0 Å². The third-order valence-electron chi connectivity index (χ3n) is 5.05. The lowest BCUT2D eigenvalue weighted by Crippen LogP contribution is -2.46. The summed E-state index contributed by atoms with van der Waals surface area (Å²) in [4.78, 5) is 12.4. The van der Waals surface area contributed by atoms with E-state index in [1.165, 1.54) is 6.07 Å². The topological polar surface area (TPSA) is 105 Å². The van der Waals surface area contributed by atoms with Crippen molar-refractivity contribution in [2.24, 2.45) is 0 Å². The molecule has 0 aliphatic rings. The number of nitrogens with one attached hydrogen (secondary N) is 2. The Labute approximate surface area is 194 Å². The van der Waals surface area contributed by atoms with Crippen molar-refractivity contribution < 1.29 is 23.1 Å². The van der Waals surface area contributed by atoms with E-state index < -0.39 is 22.2 Å². The molecule has 1 amide bonds. The molecule has 0 aromatic heterocycles. The summed E-state index contributed by atoms with van der Waals surface area (Å²) in [6, 6.07) is 24.6. The van der Waals surface area contributed by atoms with E-state index in [4.69, 9.17) is 4.74 Å². The van der Waals surface area contributed by atoms with Crippen molar-refractivity contribution in [3.63, 3.8) is 0 Å². The Kier molecular flexibility index (Phi) is 8.73. The molecular formula is C25H28N2O5S. The maximum absolute atomic E-state index is 13.1. The minimum Gasteiger partial charge on any atom is -0.389 e. The zero-order chi connectivity index (χ0) is 23.7. The third-order valence-corrected chi connectivity index (χ3v) is 6.54. The van der Waals surface area contributed by atoms with Gasteiger partial charge >= 0.3 is 0 Å². The van der Waals surface area contributed by atoms with E-state index in [9.17, 15) is 18.3 Å². The Morgan fingerprint density at radius 3 is 2.18 bits per heavy atom. The van der Waals surface area contributed by atoms with Crippen LogP contribution in [-0.4, -0.2) is 51.3 Å². The van der Waals surface area contributed by atoms with Crippen molar-refractivity contribution in [2.45, 2.75) is 24.0 Å². The highest BCUT2D eigenvalue weighted by atomic mass is 32.2. The summed E-state index contributed by atoms with van der Waals surface area (Å²) in [6.07, 6.45) is -1.95. The van der Waals surface area contributed by atoms with Gasteiger partial charge < -0.3 is 15.2 Å². The lowest BCUT2D eigenvalue weighted by Gasteiger charge is -2.24. The van der Waals surface area contributed by atoms with E-state index in [0.29, 0.717) is 11.1 Å². The average molecular weight is 469 g/mol. The van der Waals surface area contributed by atoms with Crippen LogP contribution in [0.3, 0.4) is 0 Å². The molecule has 0 fully saturated rings. The Morgan fingerprint density at radius 1 is 0.909 bits per heavy atom. The van der Waals surface area contributed by atoms with E-state index in [-0.39, 0.29) is 30.5 Å². The summed E-state index contributed by atoms with van der Waals surface area (Å²) in [5, 5.41) is 13.2. The van der Waals surface area contributed by atoms with Crippen LogP contribution in [0.5, 0.6) is 0 Å². The van der Waals surface area contributed by atoms with Gasteiger partial charge in [-0.15, -0.1) is 0 Å². The molecule has 0 saturated carbocycles. The molecule has 33 heavy (non-hydrogen) atoms. The summed E-state index contributed by atoms with van der Waals surface area (Å²) in [7, 11) is -3.89. The maximum Gasteiger partial charge on any atom is 0.251 e. The second-order valence-corrected chi connectivity index (χ2v) is 9.09. The molecule has 3 N–H and O–H groups in total. The van der Waals surface area contributed by atoms with Gasteiger partial charge in [0, 0.05) is 30.8 Å². The highest BCUT2D eigenvalue weighted by Gasteiger charge is 2.25. The second-order valence-electron chi connectivity index (χ2n) is 7.35. The van der Waals surface area contributed by atoms with Gasteiger partial charge in [0.25, 0.3) is 5.91 Å². The van der Waals surface area contributed by atoms with Crippen molar-refractivity contribution >= 4 is 15.9 Å². The van der Waals surface area contributed by atoms with Crippen LogP contribution in [0.4, 0.5) is 0 Å². The lowest BCUT2D eigenvalue weighted by molar-refractivity contribution is -0.0269. The van der Waals surface area contributed by atoms with E-state index in [1.807, 2.05) is 30.3 Å². The van der Waals surface area contributed by atoms with Crippen molar-refractivity contribution in [2.75, 3.05) is 19.7 Å². The fraction of sp³-hybridized carbons (Fsp3) is 0.240. The van der Waals surface area contributed by atoms with Crippen LogP contribution >= 0.6 is 0 Å². The predicted molar refractivity (Wildman–Crippen MR) is 127 cm³/mol. The normalized spacial score (nSPS) is 13.3. The van der Waals surface area contributed by atoms with Gasteiger partial charge in [0.05, 0.1) is 17.1 Å². The first-order chi connectivity index (χ1) is 15.9. The number of amides is 1. The highest BCUT2D eigenvalue weighted by Crippen LogP contribution is 2.26. The molecule has 0 heterocycles. The van der Waals surface area contributed by atoms with Crippen LogP contribution < -0.4 is 10.0 Å². The Morgan fingerprint density at radius 2 is 1.52 bits per heavy atom. The third kappa shape index (κ3) is 6.72. The summed E-state index contributed by atoms with van der Waals surface area (Å²) in [5.74, 6) is -0.331. The zero-order valence-electron chi connectivity index (χ0n) is 18.3. The van der Waals surface area contributed by atoms with Crippen LogP contribution in [0.1, 0.15) is 17.3 Å². The fourth-order valence-electron chi connectivity index (χ4n) is 3.37. The molecule has 0 radical (unpaired) electrons. The van der Waals surface area contributed by atoms with Crippen molar-refractivity contribution in [3.05, 3.63) is 90.5 Å². The first-order valence-corrected chi connectivity index (χ1v) is 12.2. The van der Waals surface area contributed by atoms with Crippen LogP contribution in [0.25, 0.3) is 11.1 Å². The van der Waals surface area contributed by atoms with Crippen LogP contribution in [-0.2, 0) is 14.8 Å². The summed E-state index contributed by atoms with van der Waals surface area (Å²) >= 11 is 0. The number of ether oxygens (including phenoxy) is 1. The van der Waals surface area contributed by atoms with Crippen molar-refractivity contribution in [3.8, 4) is 11.1 Å². The number of benzene rings is 3. The Balaban J connectivity index is 1.67. The maximum atomic E-state index is 13.1. The number of aliphatic hydroxyl groups is 1. The van der Waals surface area contributed by atoms with E-state index in [1.54, 1.807) is 55.5 Å². The first kappa shape index (κ1) is 24.6. The van der Waals surface area contributed by atoms with Crippen LogP contribution in [0, 0.1) is 0 Å². The van der Waals surface area contributed by atoms with Gasteiger partial charge in [0.2, 0.25) is 10.0 Å². The molecule has 2 atom stereocenters. The van der Waals surface area contributed by atoms with Crippen molar-refractivity contribution in [1.82, 2.24) is 10.0 Å². The number of hydrogen-bond donors (Lipinski definition) is 3. The SMILES string of the molecule is CCO[C@H](CNS(=O)(=O)c1ccccc1-c1ccccc1)[C@@H](O)CNC(=O)c1ccccc1. The highest BCUT2D eigenvalue weighted by molar-refractivity contribution is 7.89. The smallest absolute Gasteiger partial charge is 0.251 e. The van der Waals surface area contributed by atoms with E-state index in [2.05, 4.69) is 10.0 Å². The molecule has 174 valence electrons. The summed E-state index contributed by atoms with van der Waals surface area (Å²) in [5.41, 5.74) is 1.83. The molecule has 0 saturated heterocycles. The largest absolute Gasteiger partial charge is 0.389 e. The van der Waals surface area contributed by atoms with E-state index in [0.717, 1.165) is 5.56 Å². The number of sulfonamides is 1. The molecule has 7 nitrogen and oxygen atoms in total. The van der Waals surface area contributed by atoms with Gasteiger partial charge in [-0.2, -0.15) is 0 Å². The monoisotopic (exact) mass is 468 g/mol. The molecule has 0 unspecified atom stereocenters. The molecule has 0 aliphatic heterocycles. The Hall–Kier alpha value is -3.04. The van der Waals surface area contributed by atoms with Gasteiger partial charge in [-0.05, 0) is 30.7 Å². The number of rotatable bonds is 11. The van der Waals surface area contributed by atoms with Gasteiger partial charge in [-0.1, -0.05) is 66.7 Å². The molecule has 3 aromatic carbocycles. The fourth-order valence-corrected chi connectivity index (χ4v) is 4.64. The lowest BCUT2D eigenvalue weighted by atomic mass is 10.1. The predicted octanol–water partition coefficient (Wildman–Crippen LogP) is 2.83. The molecule has 0 spiro atoms. The summed E-state index contributed by atoms with van der Waals surface area (Å²) < 4.78 is 34.3. The number of carbonyl (C=O) groups is 1. The molecule has 0 bridgehead atoms. The van der Waals surface area contributed by atoms with Crippen molar-refractivity contribution in [1.29, 1.82) is 0 Å². The minimum atomic E-state index is -3.89. The minimum absolute atomic E-state index is 0.0826. The Bertz CT molecular complexity index is 1140.